The third kappa shape index (κ3) is 2.70. The first-order chi connectivity index (χ1) is 9.76. The second kappa shape index (κ2) is 5.67. The summed E-state index contributed by atoms with van der Waals surface area (Å²) >= 11 is 1.71. The molecule has 1 aromatic carbocycles. The van der Waals surface area contributed by atoms with Crippen LogP contribution < -0.4 is 10.1 Å². The summed E-state index contributed by atoms with van der Waals surface area (Å²) in [6.07, 6.45) is 4.82. The molecule has 3 rings (SSSR count). The van der Waals surface area contributed by atoms with Crippen molar-refractivity contribution in [2.24, 2.45) is 0 Å². The van der Waals surface area contributed by atoms with Crippen LogP contribution in [0.1, 0.15) is 33.6 Å². The number of methoxy groups -OCH3 is 1. The maximum absolute atomic E-state index is 12.2. The zero-order valence-corrected chi connectivity index (χ0v) is 12.3. The predicted octanol–water partition coefficient (Wildman–Crippen LogP) is 3.89. The number of hydrogen-bond acceptors (Lipinski definition) is 3. The standard InChI is InChI=1S/C16H17NO2S/c1-19-13-8-6-11(7-9-13)16(18)17-15-10-12-4-2-3-5-14(12)20-15/h6-10H,2-5H2,1H3,(H,17,18). The van der Waals surface area contributed by atoms with Gasteiger partial charge < -0.3 is 10.1 Å². The van der Waals surface area contributed by atoms with Crippen molar-refractivity contribution in [3.63, 3.8) is 0 Å². The van der Waals surface area contributed by atoms with Crippen LogP contribution >= 0.6 is 11.3 Å². The second-order valence-corrected chi connectivity index (χ2v) is 6.09. The fourth-order valence-corrected chi connectivity index (χ4v) is 3.63. The van der Waals surface area contributed by atoms with Gasteiger partial charge in [-0.3, -0.25) is 4.79 Å². The first-order valence-corrected chi connectivity index (χ1v) is 7.65. The molecule has 20 heavy (non-hydrogen) atoms. The van der Waals surface area contributed by atoms with Gasteiger partial charge in [0.25, 0.3) is 5.91 Å². The molecular formula is C16H17NO2S. The molecule has 1 N–H and O–H groups in total. The predicted molar refractivity (Wildman–Crippen MR) is 81.9 cm³/mol. The molecule has 1 aliphatic rings. The van der Waals surface area contributed by atoms with Crippen LogP contribution in [0, 0.1) is 0 Å². The topological polar surface area (TPSA) is 38.3 Å². The molecule has 1 amide bonds. The van der Waals surface area contributed by atoms with Gasteiger partial charge in [-0.15, -0.1) is 11.3 Å². The number of anilines is 1. The maximum atomic E-state index is 12.2. The molecule has 1 aliphatic carbocycles. The minimum Gasteiger partial charge on any atom is -0.497 e. The molecule has 1 heterocycles. The highest BCUT2D eigenvalue weighted by Crippen LogP contribution is 2.33. The van der Waals surface area contributed by atoms with E-state index in [0.717, 1.165) is 23.6 Å². The van der Waals surface area contributed by atoms with Crippen molar-refractivity contribution in [1.82, 2.24) is 0 Å². The summed E-state index contributed by atoms with van der Waals surface area (Å²) in [5.41, 5.74) is 2.06. The third-order valence-corrected chi connectivity index (χ3v) is 4.74. The molecule has 0 bridgehead atoms. The lowest BCUT2D eigenvalue weighted by molar-refractivity contribution is 0.102. The van der Waals surface area contributed by atoms with Crippen LogP contribution in [0.15, 0.2) is 30.3 Å². The highest BCUT2D eigenvalue weighted by atomic mass is 32.1. The molecule has 0 spiro atoms. The SMILES string of the molecule is COc1ccc(C(=O)Nc2cc3c(s2)CCCC3)cc1. The smallest absolute Gasteiger partial charge is 0.256 e. The van der Waals surface area contributed by atoms with E-state index >= 15 is 0 Å². The summed E-state index contributed by atoms with van der Waals surface area (Å²) in [6, 6.07) is 9.28. The van der Waals surface area contributed by atoms with Gasteiger partial charge in [-0.25, -0.2) is 0 Å². The largest absolute Gasteiger partial charge is 0.497 e. The van der Waals surface area contributed by atoms with Crippen molar-refractivity contribution in [2.45, 2.75) is 25.7 Å². The van der Waals surface area contributed by atoms with E-state index in [9.17, 15) is 4.79 Å². The molecule has 0 unspecified atom stereocenters. The number of nitrogens with one attached hydrogen (secondary N) is 1. The zero-order chi connectivity index (χ0) is 13.9. The minimum atomic E-state index is -0.0637. The van der Waals surface area contributed by atoms with Gasteiger partial charge in [-0.05, 0) is 61.6 Å². The van der Waals surface area contributed by atoms with E-state index in [1.165, 1.54) is 23.3 Å². The van der Waals surface area contributed by atoms with Crippen molar-refractivity contribution in [2.75, 3.05) is 12.4 Å². The second-order valence-electron chi connectivity index (χ2n) is 4.95. The maximum Gasteiger partial charge on any atom is 0.256 e. The number of carbonyl (C=O) groups is 1. The van der Waals surface area contributed by atoms with Gasteiger partial charge in [-0.1, -0.05) is 0 Å². The Labute approximate surface area is 122 Å². The Morgan fingerprint density at radius 2 is 1.95 bits per heavy atom. The number of carbonyl (C=O) groups excluding carboxylic acids is 1. The van der Waals surface area contributed by atoms with Crippen molar-refractivity contribution in [1.29, 1.82) is 0 Å². The van der Waals surface area contributed by atoms with Gasteiger partial charge in [0, 0.05) is 10.4 Å². The molecule has 1 aromatic heterocycles. The summed E-state index contributed by atoms with van der Waals surface area (Å²) in [5, 5.41) is 3.95. The van der Waals surface area contributed by atoms with E-state index < -0.39 is 0 Å². The van der Waals surface area contributed by atoms with Gasteiger partial charge in [0.05, 0.1) is 12.1 Å². The number of ether oxygens (including phenoxy) is 1. The Morgan fingerprint density at radius 3 is 2.65 bits per heavy atom. The van der Waals surface area contributed by atoms with E-state index in [2.05, 4.69) is 11.4 Å². The lowest BCUT2D eigenvalue weighted by Crippen LogP contribution is -2.10. The fourth-order valence-electron chi connectivity index (χ4n) is 2.48. The zero-order valence-electron chi connectivity index (χ0n) is 11.4. The first kappa shape index (κ1) is 13.2. The molecule has 104 valence electrons. The molecule has 0 fully saturated rings. The van der Waals surface area contributed by atoms with Crippen molar-refractivity contribution < 1.29 is 9.53 Å². The minimum absolute atomic E-state index is 0.0637. The van der Waals surface area contributed by atoms with E-state index in [1.807, 2.05) is 0 Å². The lowest BCUT2D eigenvalue weighted by Gasteiger charge is -2.08. The summed E-state index contributed by atoms with van der Waals surface area (Å²) < 4.78 is 5.09. The molecular weight excluding hydrogens is 270 g/mol. The van der Waals surface area contributed by atoms with E-state index in [1.54, 1.807) is 42.7 Å². The van der Waals surface area contributed by atoms with E-state index in [0.29, 0.717) is 5.56 Å². The molecule has 0 radical (unpaired) electrons. The van der Waals surface area contributed by atoms with Gasteiger partial charge in [-0.2, -0.15) is 0 Å². The number of aryl methyl sites for hydroxylation is 2. The monoisotopic (exact) mass is 287 g/mol. The Bertz CT molecular complexity index is 592. The van der Waals surface area contributed by atoms with Crippen LogP contribution in [0.25, 0.3) is 0 Å². The van der Waals surface area contributed by atoms with Gasteiger partial charge in [0.1, 0.15) is 5.75 Å². The highest BCUT2D eigenvalue weighted by Gasteiger charge is 2.15. The van der Waals surface area contributed by atoms with Crippen LogP contribution in [0.2, 0.25) is 0 Å². The number of amides is 1. The Morgan fingerprint density at radius 1 is 1.20 bits per heavy atom. The average Bonchev–Trinajstić information content (AvgIpc) is 2.89. The number of fused-ring (bicyclic) bond motifs is 1. The van der Waals surface area contributed by atoms with Crippen LogP contribution in [0.4, 0.5) is 5.00 Å². The summed E-state index contributed by atoms with van der Waals surface area (Å²) in [7, 11) is 1.62. The summed E-state index contributed by atoms with van der Waals surface area (Å²) in [4.78, 5) is 13.6. The van der Waals surface area contributed by atoms with Gasteiger partial charge >= 0.3 is 0 Å². The van der Waals surface area contributed by atoms with Crippen LogP contribution in [-0.2, 0) is 12.8 Å². The number of thiophene rings is 1. The number of hydrogen-bond donors (Lipinski definition) is 1. The molecule has 0 atom stereocenters. The average molecular weight is 287 g/mol. The van der Waals surface area contributed by atoms with Crippen LogP contribution in [-0.4, -0.2) is 13.0 Å². The molecule has 3 nitrogen and oxygen atoms in total. The van der Waals surface area contributed by atoms with Crippen molar-refractivity contribution in [3.05, 3.63) is 46.3 Å². The molecule has 0 saturated heterocycles. The van der Waals surface area contributed by atoms with Crippen molar-refractivity contribution in [3.8, 4) is 5.75 Å². The van der Waals surface area contributed by atoms with Crippen LogP contribution in [0.3, 0.4) is 0 Å². The lowest BCUT2D eigenvalue weighted by atomic mass is 10.00. The first-order valence-electron chi connectivity index (χ1n) is 6.83. The van der Waals surface area contributed by atoms with Gasteiger partial charge in [0.2, 0.25) is 0 Å². The van der Waals surface area contributed by atoms with E-state index in [4.69, 9.17) is 4.74 Å². The number of benzene rings is 1. The summed E-state index contributed by atoms with van der Waals surface area (Å²) in [5.74, 6) is 0.694. The van der Waals surface area contributed by atoms with Gasteiger partial charge in [0.15, 0.2) is 0 Å². The Kier molecular flexibility index (Phi) is 3.74. The van der Waals surface area contributed by atoms with Crippen LogP contribution in [0.5, 0.6) is 5.75 Å². The molecule has 2 aromatic rings. The third-order valence-electron chi connectivity index (χ3n) is 3.59. The fraction of sp³-hybridized carbons (Fsp3) is 0.312. The quantitative estimate of drug-likeness (QED) is 0.930. The molecule has 4 heteroatoms. The molecule has 0 aliphatic heterocycles. The molecule has 0 saturated carbocycles. The van der Waals surface area contributed by atoms with Crippen molar-refractivity contribution >= 4 is 22.2 Å². The number of rotatable bonds is 3. The van der Waals surface area contributed by atoms with E-state index in [-0.39, 0.29) is 5.91 Å². The highest BCUT2D eigenvalue weighted by molar-refractivity contribution is 7.16. The normalized spacial score (nSPS) is 13.7. The summed E-state index contributed by atoms with van der Waals surface area (Å²) in [6.45, 7) is 0. The Hall–Kier alpha value is -1.81. The Balaban J connectivity index is 1.73.